The van der Waals surface area contributed by atoms with Gasteiger partial charge in [-0.1, -0.05) is 12.1 Å². The molecular weight excluding hydrogens is 427 g/mol. The van der Waals surface area contributed by atoms with Crippen molar-refractivity contribution in [2.24, 2.45) is 0 Å². The number of carbonyl (C=O) groups excluding carboxylic acids is 1. The molecule has 1 atom stereocenters. The van der Waals surface area contributed by atoms with Gasteiger partial charge in [-0.05, 0) is 39.7 Å². The van der Waals surface area contributed by atoms with Crippen molar-refractivity contribution in [3.05, 3.63) is 62.6 Å². The molecule has 0 aliphatic heterocycles. The minimum absolute atomic E-state index is 0.0250. The molecule has 3 rings (SSSR count). The van der Waals surface area contributed by atoms with Crippen molar-refractivity contribution in [2.75, 3.05) is 6.54 Å². The Labute approximate surface area is 160 Å². The lowest BCUT2D eigenvalue weighted by Gasteiger charge is -2.12. The number of hydrogen-bond acceptors (Lipinski definition) is 5. The number of benzene rings is 1. The second-order valence-corrected chi connectivity index (χ2v) is 8.01. The maximum Gasteiger partial charge on any atom is 0.226 e. The fourth-order valence-electron chi connectivity index (χ4n) is 2.20. The van der Waals surface area contributed by atoms with Crippen LogP contribution in [0.2, 0.25) is 0 Å². The molecule has 1 aromatic carbocycles. The molecule has 4 nitrogen and oxygen atoms in total. The van der Waals surface area contributed by atoms with E-state index in [1.807, 2.05) is 16.8 Å². The molecule has 0 saturated carbocycles. The molecule has 2 aromatic heterocycles. The molecule has 0 bridgehead atoms. The Morgan fingerprint density at radius 2 is 2.16 bits per heavy atom. The van der Waals surface area contributed by atoms with Crippen LogP contribution in [0.1, 0.15) is 17.4 Å². The quantitative estimate of drug-likeness (QED) is 0.604. The second-order valence-electron chi connectivity index (χ2n) is 5.32. The first-order valence-corrected chi connectivity index (χ1v) is 9.95. The van der Waals surface area contributed by atoms with Crippen molar-refractivity contribution in [2.45, 2.75) is 12.5 Å². The molecule has 2 heterocycles. The van der Waals surface area contributed by atoms with Crippen LogP contribution in [-0.2, 0) is 11.2 Å². The van der Waals surface area contributed by atoms with Crippen molar-refractivity contribution in [3.63, 3.8) is 0 Å². The average molecular weight is 441 g/mol. The van der Waals surface area contributed by atoms with Crippen LogP contribution < -0.4 is 5.32 Å². The van der Waals surface area contributed by atoms with Crippen molar-refractivity contribution >= 4 is 44.5 Å². The minimum Gasteiger partial charge on any atom is -0.387 e. The van der Waals surface area contributed by atoms with Crippen LogP contribution in [0.25, 0.3) is 9.88 Å². The highest BCUT2D eigenvalue weighted by molar-refractivity contribution is 9.10. The van der Waals surface area contributed by atoms with E-state index in [-0.39, 0.29) is 18.9 Å². The highest BCUT2D eigenvalue weighted by atomic mass is 79.9. The standard InChI is InChI=1S/C17H14BrFN2O2S2/c18-11-5-15(24-8-11)17-21-13(9-25-17)6-16(23)20-7-14(22)10-2-1-3-12(19)4-10/h1-5,8-9,14,22H,6-7H2,(H,20,23). The number of nitrogens with one attached hydrogen (secondary N) is 1. The molecule has 0 radical (unpaired) electrons. The number of aliphatic hydroxyl groups is 1. The summed E-state index contributed by atoms with van der Waals surface area (Å²) in [6.45, 7) is 0.0250. The van der Waals surface area contributed by atoms with E-state index in [1.54, 1.807) is 17.4 Å². The number of aromatic nitrogens is 1. The molecule has 8 heteroatoms. The maximum absolute atomic E-state index is 13.1. The van der Waals surface area contributed by atoms with Crippen molar-refractivity contribution < 1.29 is 14.3 Å². The van der Waals surface area contributed by atoms with E-state index in [0.717, 1.165) is 14.4 Å². The minimum atomic E-state index is -0.950. The average Bonchev–Trinajstić information content (AvgIpc) is 3.21. The number of rotatable bonds is 6. The van der Waals surface area contributed by atoms with Crippen LogP contribution in [-0.4, -0.2) is 22.5 Å². The molecular formula is C17H14BrFN2O2S2. The maximum atomic E-state index is 13.1. The predicted molar refractivity (Wildman–Crippen MR) is 101 cm³/mol. The lowest BCUT2D eigenvalue weighted by molar-refractivity contribution is -0.120. The van der Waals surface area contributed by atoms with Crippen LogP contribution in [0.15, 0.2) is 45.6 Å². The van der Waals surface area contributed by atoms with Gasteiger partial charge in [0, 0.05) is 21.8 Å². The van der Waals surface area contributed by atoms with Crippen LogP contribution in [0.5, 0.6) is 0 Å². The van der Waals surface area contributed by atoms with Gasteiger partial charge in [0.2, 0.25) is 5.91 Å². The normalized spacial score (nSPS) is 12.1. The number of carbonyl (C=O) groups is 1. The Morgan fingerprint density at radius 3 is 2.88 bits per heavy atom. The molecule has 0 aliphatic carbocycles. The molecule has 0 aliphatic rings. The summed E-state index contributed by atoms with van der Waals surface area (Å²) in [6.07, 6.45) is -0.812. The number of hydrogen-bond donors (Lipinski definition) is 2. The number of thiazole rings is 1. The van der Waals surface area contributed by atoms with Crippen molar-refractivity contribution in [1.82, 2.24) is 10.3 Å². The Kier molecular flexibility index (Phi) is 5.95. The van der Waals surface area contributed by atoms with Crippen molar-refractivity contribution in [3.8, 4) is 9.88 Å². The largest absolute Gasteiger partial charge is 0.387 e. The summed E-state index contributed by atoms with van der Waals surface area (Å²) in [7, 11) is 0. The zero-order chi connectivity index (χ0) is 17.8. The molecule has 3 aromatic rings. The number of nitrogens with zero attached hydrogens (tertiary/aromatic N) is 1. The fraction of sp³-hybridized carbons (Fsp3) is 0.176. The topological polar surface area (TPSA) is 62.2 Å². The summed E-state index contributed by atoms with van der Waals surface area (Å²) in [4.78, 5) is 17.5. The van der Waals surface area contributed by atoms with E-state index in [0.29, 0.717) is 11.3 Å². The van der Waals surface area contributed by atoms with Gasteiger partial charge in [0.1, 0.15) is 10.8 Å². The van der Waals surface area contributed by atoms with Crippen LogP contribution in [0.3, 0.4) is 0 Å². The third-order valence-electron chi connectivity index (χ3n) is 3.40. The van der Waals surface area contributed by atoms with E-state index in [9.17, 15) is 14.3 Å². The second kappa shape index (κ2) is 8.18. The van der Waals surface area contributed by atoms with Gasteiger partial charge < -0.3 is 10.4 Å². The van der Waals surface area contributed by atoms with Gasteiger partial charge in [-0.3, -0.25) is 4.79 Å². The predicted octanol–water partition coefficient (Wildman–Crippen LogP) is 4.17. The first kappa shape index (κ1) is 18.2. The van der Waals surface area contributed by atoms with Crippen LogP contribution >= 0.6 is 38.6 Å². The van der Waals surface area contributed by atoms with E-state index in [2.05, 4.69) is 26.2 Å². The van der Waals surface area contributed by atoms with E-state index < -0.39 is 11.9 Å². The lowest BCUT2D eigenvalue weighted by Crippen LogP contribution is -2.29. The molecule has 0 fully saturated rings. The van der Waals surface area contributed by atoms with Gasteiger partial charge in [-0.25, -0.2) is 9.37 Å². The van der Waals surface area contributed by atoms with Gasteiger partial charge in [0.15, 0.2) is 0 Å². The smallest absolute Gasteiger partial charge is 0.226 e. The van der Waals surface area contributed by atoms with Gasteiger partial charge in [0.25, 0.3) is 0 Å². The SMILES string of the molecule is O=C(Cc1csc(-c2cc(Br)cs2)n1)NCC(O)c1cccc(F)c1. The van der Waals surface area contributed by atoms with Crippen LogP contribution in [0, 0.1) is 5.82 Å². The molecule has 25 heavy (non-hydrogen) atoms. The molecule has 0 spiro atoms. The lowest BCUT2D eigenvalue weighted by atomic mass is 10.1. The Hall–Kier alpha value is -1.61. The van der Waals surface area contributed by atoms with Gasteiger partial charge in [0.05, 0.1) is 23.1 Å². The summed E-state index contributed by atoms with van der Waals surface area (Å²) in [5.41, 5.74) is 1.11. The number of thiophene rings is 1. The Balaban J connectivity index is 1.53. The van der Waals surface area contributed by atoms with Gasteiger partial charge in [-0.15, -0.1) is 22.7 Å². The third-order valence-corrected chi connectivity index (χ3v) is 6.15. The summed E-state index contributed by atoms with van der Waals surface area (Å²) >= 11 is 6.48. The first-order chi connectivity index (χ1) is 12.0. The highest BCUT2D eigenvalue weighted by Crippen LogP contribution is 2.32. The number of amides is 1. The third kappa shape index (κ3) is 4.94. The summed E-state index contributed by atoms with van der Waals surface area (Å²) in [6, 6.07) is 7.69. The van der Waals surface area contributed by atoms with E-state index in [1.165, 1.54) is 29.5 Å². The summed E-state index contributed by atoms with van der Waals surface area (Å²) in [5, 5.41) is 17.4. The van der Waals surface area contributed by atoms with E-state index in [4.69, 9.17) is 0 Å². The molecule has 1 unspecified atom stereocenters. The zero-order valence-corrected chi connectivity index (χ0v) is 16.1. The van der Waals surface area contributed by atoms with Gasteiger partial charge >= 0.3 is 0 Å². The Bertz CT molecular complexity index is 881. The zero-order valence-electron chi connectivity index (χ0n) is 12.9. The molecule has 1 amide bonds. The molecule has 0 saturated heterocycles. The van der Waals surface area contributed by atoms with E-state index >= 15 is 0 Å². The Morgan fingerprint density at radius 1 is 1.32 bits per heavy atom. The number of halogens is 2. The highest BCUT2D eigenvalue weighted by Gasteiger charge is 2.13. The fourth-order valence-corrected chi connectivity index (χ4v) is 4.52. The van der Waals surface area contributed by atoms with Crippen molar-refractivity contribution in [1.29, 1.82) is 0 Å². The summed E-state index contributed by atoms with van der Waals surface area (Å²) < 4.78 is 14.2. The molecule has 130 valence electrons. The number of aliphatic hydroxyl groups excluding tert-OH is 1. The monoisotopic (exact) mass is 440 g/mol. The molecule has 2 N–H and O–H groups in total. The van der Waals surface area contributed by atoms with Gasteiger partial charge in [-0.2, -0.15) is 0 Å². The summed E-state index contributed by atoms with van der Waals surface area (Å²) in [5.74, 6) is -0.655. The first-order valence-electron chi connectivity index (χ1n) is 7.40. The van der Waals surface area contributed by atoms with Crippen LogP contribution in [0.4, 0.5) is 4.39 Å².